The van der Waals surface area contributed by atoms with Gasteiger partial charge in [-0.2, -0.15) is 0 Å². The Bertz CT molecular complexity index is 3350. The SMILES string of the molecule is c1ccc(-c2c(-c3ccccc3)n3c4c(c5ccccc5cc24)B2c4c-3cccc4-n3c4cc5c(cc4c4cccc2c43)oc2ccccc25)cc1. The molecule has 4 heteroatoms. The molecule has 0 unspecified atom stereocenters. The fraction of sp³-hybridized carbons (Fsp3) is 0. The highest BCUT2D eigenvalue weighted by molar-refractivity contribution is 7.01. The number of para-hydroxylation sites is 2. The molecule has 0 radical (unpaired) electrons. The highest BCUT2D eigenvalue weighted by Gasteiger charge is 2.42. The van der Waals surface area contributed by atoms with Crippen LogP contribution in [0.15, 0.2) is 168 Å². The van der Waals surface area contributed by atoms with E-state index in [0.717, 1.165) is 21.9 Å². The Labute approximate surface area is 298 Å². The van der Waals surface area contributed by atoms with Gasteiger partial charge in [-0.3, -0.25) is 0 Å². The lowest BCUT2D eigenvalue weighted by Gasteiger charge is -2.34. The van der Waals surface area contributed by atoms with Crippen molar-refractivity contribution in [3.8, 4) is 33.8 Å². The van der Waals surface area contributed by atoms with Gasteiger partial charge in [-0.15, -0.1) is 0 Å². The Kier molecular flexibility index (Phi) is 4.94. The average molecular weight is 659 g/mol. The fourth-order valence-electron chi connectivity index (χ4n) is 9.92. The van der Waals surface area contributed by atoms with Gasteiger partial charge in [0.1, 0.15) is 11.2 Å². The first-order chi connectivity index (χ1) is 25.8. The van der Waals surface area contributed by atoms with Crippen molar-refractivity contribution >= 4 is 88.5 Å². The second-order valence-corrected chi connectivity index (χ2v) is 14.4. The van der Waals surface area contributed by atoms with Crippen molar-refractivity contribution in [2.45, 2.75) is 0 Å². The zero-order chi connectivity index (χ0) is 33.7. The van der Waals surface area contributed by atoms with Crippen LogP contribution in [0, 0.1) is 0 Å². The molecule has 0 bridgehead atoms. The molecule has 3 nitrogen and oxygen atoms in total. The maximum atomic E-state index is 6.45. The highest BCUT2D eigenvalue weighted by Crippen LogP contribution is 2.46. The summed E-state index contributed by atoms with van der Waals surface area (Å²) in [5.74, 6) is 0. The van der Waals surface area contributed by atoms with E-state index in [2.05, 4.69) is 167 Å². The molecule has 0 fully saturated rings. The number of fused-ring (bicyclic) bond motifs is 12. The maximum absolute atomic E-state index is 6.45. The van der Waals surface area contributed by atoms with E-state index in [9.17, 15) is 0 Å². The van der Waals surface area contributed by atoms with Gasteiger partial charge in [0.05, 0.1) is 16.7 Å². The van der Waals surface area contributed by atoms with E-state index in [4.69, 9.17) is 4.42 Å². The third-order valence-corrected chi connectivity index (χ3v) is 11.9. The van der Waals surface area contributed by atoms with Crippen molar-refractivity contribution < 1.29 is 4.42 Å². The molecule has 11 aromatic rings. The van der Waals surface area contributed by atoms with E-state index in [1.54, 1.807) is 0 Å². The summed E-state index contributed by atoms with van der Waals surface area (Å²) in [7, 11) is 0. The van der Waals surface area contributed by atoms with Crippen LogP contribution >= 0.6 is 0 Å². The monoisotopic (exact) mass is 658 g/mol. The number of hydrogen-bond donors (Lipinski definition) is 0. The lowest BCUT2D eigenvalue weighted by Crippen LogP contribution is -2.59. The van der Waals surface area contributed by atoms with E-state index >= 15 is 0 Å². The first-order valence-corrected chi connectivity index (χ1v) is 18.1. The van der Waals surface area contributed by atoms with E-state index in [1.807, 2.05) is 6.07 Å². The Balaban J connectivity index is 1.26. The van der Waals surface area contributed by atoms with Crippen molar-refractivity contribution in [2.24, 2.45) is 0 Å². The zero-order valence-corrected chi connectivity index (χ0v) is 28.0. The second kappa shape index (κ2) is 9.51. The Morgan fingerprint density at radius 2 is 1.12 bits per heavy atom. The van der Waals surface area contributed by atoms with Gasteiger partial charge in [0, 0.05) is 49.4 Å². The van der Waals surface area contributed by atoms with Crippen LogP contribution < -0.4 is 16.4 Å². The van der Waals surface area contributed by atoms with Crippen LogP contribution in [-0.2, 0) is 0 Å². The summed E-state index contributed by atoms with van der Waals surface area (Å²) in [5.41, 5.74) is 17.2. The molecular formula is C48H27BN2O. The third kappa shape index (κ3) is 3.20. The minimum atomic E-state index is 0.0544. The molecule has 0 atom stereocenters. The van der Waals surface area contributed by atoms with Crippen LogP contribution in [0.1, 0.15) is 0 Å². The van der Waals surface area contributed by atoms with Crippen molar-refractivity contribution in [3.05, 3.63) is 164 Å². The van der Waals surface area contributed by atoms with Crippen molar-refractivity contribution in [1.82, 2.24) is 9.13 Å². The predicted octanol–water partition coefficient (Wildman–Crippen LogP) is 10.3. The molecule has 5 heterocycles. The molecule has 2 aliphatic heterocycles. The molecule has 0 amide bonds. The van der Waals surface area contributed by atoms with E-state index in [-0.39, 0.29) is 6.71 Å². The van der Waals surface area contributed by atoms with Gasteiger partial charge in [-0.1, -0.05) is 127 Å². The van der Waals surface area contributed by atoms with E-state index in [1.165, 1.54) is 93.6 Å². The molecule has 0 aliphatic carbocycles. The van der Waals surface area contributed by atoms with Gasteiger partial charge in [0.2, 0.25) is 0 Å². The van der Waals surface area contributed by atoms with E-state index in [0.29, 0.717) is 0 Å². The highest BCUT2D eigenvalue weighted by atomic mass is 16.3. The largest absolute Gasteiger partial charge is 0.456 e. The topological polar surface area (TPSA) is 23.0 Å². The summed E-state index contributed by atoms with van der Waals surface area (Å²) in [5, 5.41) is 8.65. The van der Waals surface area contributed by atoms with Crippen molar-refractivity contribution in [3.63, 3.8) is 0 Å². The lowest BCUT2D eigenvalue weighted by atomic mass is 9.33. The fourth-order valence-corrected chi connectivity index (χ4v) is 9.92. The van der Waals surface area contributed by atoms with Gasteiger partial charge in [-0.25, -0.2) is 0 Å². The van der Waals surface area contributed by atoms with E-state index < -0.39 is 0 Å². The Morgan fingerprint density at radius 1 is 0.423 bits per heavy atom. The van der Waals surface area contributed by atoms with Crippen molar-refractivity contribution in [2.75, 3.05) is 0 Å². The maximum Gasteiger partial charge on any atom is 0.253 e. The summed E-state index contributed by atoms with van der Waals surface area (Å²) in [6.45, 7) is 0.0544. The molecule has 3 aromatic heterocycles. The number of nitrogens with zero attached hydrogens (tertiary/aromatic N) is 2. The van der Waals surface area contributed by atoms with Crippen molar-refractivity contribution in [1.29, 1.82) is 0 Å². The smallest absolute Gasteiger partial charge is 0.253 e. The molecular weight excluding hydrogens is 631 g/mol. The molecule has 0 N–H and O–H groups in total. The zero-order valence-electron chi connectivity index (χ0n) is 28.0. The Hall–Kier alpha value is -6.78. The first-order valence-electron chi connectivity index (χ1n) is 18.1. The molecule has 238 valence electrons. The van der Waals surface area contributed by atoms with Gasteiger partial charge in [0.15, 0.2) is 0 Å². The summed E-state index contributed by atoms with van der Waals surface area (Å²) in [4.78, 5) is 0. The number of hydrogen-bond acceptors (Lipinski definition) is 1. The average Bonchev–Trinajstić information content (AvgIpc) is 3.85. The summed E-state index contributed by atoms with van der Waals surface area (Å²) in [6.07, 6.45) is 0. The minimum Gasteiger partial charge on any atom is -0.456 e. The Morgan fingerprint density at radius 3 is 1.96 bits per heavy atom. The molecule has 0 saturated carbocycles. The van der Waals surface area contributed by atoms with Gasteiger partial charge >= 0.3 is 0 Å². The summed E-state index contributed by atoms with van der Waals surface area (Å²) >= 11 is 0. The van der Waals surface area contributed by atoms with Gasteiger partial charge < -0.3 is 13.6 Å². The number of aromatic nitrogens is 2. The van der Waals surface area contributed by atoms with Crippen LogP contribution in [0.3, 0.4) is 0 Å². The molecule has 0 saturated heterocycles. The molecule has 13 rings (SSSR count). The normalized spacial score (nSPS) is 13.0. The lowest BCUT2D eigenvalue weighted by molar-refractivity contribution is 0.669. The molecule has 2 aliphatic rings. The number of benzene rings is 8. The van der Waals surface area contributed by atoms with Crippen LogP contribution in [0.5, 0.6) is 0 Å². The summed E-state index contributed by atoms with van der Waals surface area (Å²) < 4.78 is 11.6. The number of furan rings is 1. The number of rotatable bonds is 2. The third-order valence-electron chi connectivity index (χ3n) is 11.9. The van der Waals surface area contributed by atoms with Crippen LogP contribution in [0.25, 0.3) is 99.2 Å². The molecule has 8 aromatic carbocycles. The molecule has 52 heavy (non-hydrogen) atoms. The standard InChI is InChI=1S/C48H27BN2O/c1-3-13-28(14-4-1)43-36-25-30-17-7-8-18-31(30)44-48(36)51(46(43)29-15-5-2-6-16-29)39-23-12-22-38-45(39)49(44)37-21-11-20-33-34-27-42-35(26-40(34)50(38)47(33)37)32-19-9-10-24-41(32)52-42/h1-27H. The predicted molar refractivity (Wildman–Crippen MR) is 218 cm³/mol. The summed E-state index contributed by atoms with van der Waals surface area (Å²) in [6, 6.07) is 60.3. The van der Waals surface area contributed by atoms with Crippen LogP contribution in [0.2, 0.25) is 0 Å². The van der Waals surface area contributed by atoms with Crippen LogP contribution in [0.4, 0.5) is 0 Å². The second-order valence-electron chi connectivity index (χ2n) is 14.4. The van der Waals surface area contributed by atoms with Crippen LogP contribution in [-0.4, -0.2) is 15.8 Å². The first kappa shape index (κ1) is 27.0. The molecule has 0 spiro atoms. The minimum absolute atomic E-state index is 0.0544. The van der Waals surface area contributed by atoms with Gasteiger partial charge in [0.25, 0.3) is 6.71 Å². The van der Waals surface area contributed by atoms with Gasteiger partial charge in [-0.05, 0) is 74.7 Å². The quantitative estimate of drug-likeness (QED) is 0.170.